The number of alkyl halides is 3. The summed E-state index contributed by atoms with van der Waals surface area (Å²) in [6.07, 6.45) is -5.91. The van der Waals surface area contributed by atoms with E-state index in [1.54, 1.807) is 35.2 Å². The van der Waals surface area contributed by atoms with E-state index >= 15 is 0 Å². The molecule has 1 aliphatic heterocycles. The van der Waals surface area contributed by atoms with Crippen molar-refractivity contribution in [3.63, 3.8) is 0 Å². The van der Waals surface area contributed by atoms with E-state index in [0.717, 1.165) is 12.1 Å². The maximum absolute atomic E-state index is 13.2. The van der Waals surface area contributed by atoms with Gasteiger partial charge in [-0.15, -0.1) is 0 Å². The number of ether oxygens (including phenoxy) is 2. The molecule has 2 aromatic carbocycles. The Labute approximate surface area is 194 Å². The zero-order valence-corrected chi connectivity index (χ0v) is 18.4. The van der Waals surface area contributed by atoms with Crippen LogP contribution in [0.15, 0.2) is 48.5 Å². The van der Waals surface area contributed by atoms with Crippen LogP contribution in [0.5, 0.6) is 0 Å². The molecule has 1 unspecified atom stereocenters. The number of anilines is 2. The Morgan fingerprint density at radius 2 is 1.76 bits per heavy atom. The largest absolute Gasteiger partial charge is 0.451 e. The molecule has 2 N–H and O–H groups in total. The molecule has 11 heteroatoms. The summed E-state index contributed by atoms with van der Waals surface area (Å²) in [4.78, 5) is 38.5. The number of carbonyl (C=O) groups is 3. The number of rotatable bonds is 7. The van der Waals surface area contributed by atoms with Crippen LogP contribution in [0.25, 0.3) is 0 Å². The third kappa shape index (κ3) is 6.70. The third-order valence-electron chi connectivity index (χ3n) is 5.04. The van der Waals surface area contributed by atoms with Gasteiger partial charge in [0.15, 0.2) is 6.10 Å². The van der Waals surface area contributed by atoms with Gasteiger partial charge in [-0.05, 0) is 37.3 Å². The van der Waals surface area contributed by atoms with Crippen LogP contribution in [0.2, 0.25) is 0 Å². The molecule has 0 saturated carbocycles. The van der Waals surface area contributed by atoms with Gasteiger partial charge in [0.2, 0.25) is 0 Å². The van der Waals surface area contributed by atoms with Crippen molar-refractivity contribution in [2.75, 3.05) is 43.1 Å². The summed E-state index contributed by atoms with van der Waals surface area (Å²) >= 11 is 0. The normalized spacial score (nSPS) is 14.8. The van der Waals surface area contributed by atoms with Gasteiger partial charge >= 0.3 is 12.1 Å². The van der Waals surface area contributed by atoms with Crippen LogP contribution in [-0.2, 0) is 25.2 Å². The second-order valence-corrected chi connectivity index (χ2v) is 7.50. The van der Waals surface area contributed by atoms with Crippen molar-refractivity contribution in [2.45, 2.75) is 19.2 Å². The fraction of sp³-hybridized carbons (Fsp3) is 0.348. The fourth-order valence-electron chi connectivity index (χ4n) is 3.26. The first-order valence-corrected chi connectivity index (χ1v) is 10.5. The summed E-state index contributed by atoms with van der Waals surface area (Å²) in [6.45, 7) is 2.50. The topological polar surface area (TPSA) is 97.0 Å². The molecule has 0 radical (unpaired) electrons. The number of benzene rings is 2. The quantitative estimate of drug-likeness (QED) is 0.593. The Kier molecular flexibility index (Phi) is 8.11. The number of hydrogen-bond acceptors (Lipinski definition) is 6. The lowest BCUT2D eigenvalue weighted by atomic mass is 10.1. The zero-order chi connectivity index (χ0) is 24.7. The van der Waals surface area contributed by atoms with Gasteiger partial charge in [-0.3, -0.25) is 14.4 Å². The average molecular weight is 479 g/mol. The van der Waals surface area contributed by atoms with E-state index in [2.05, 4.69) is 10.6 Å². The van der Waals surface area contributed by atoms with Crippen LogP contribution < -0.4 is 15.5 Å². The monoisotopic (exact) mass is 479 g/mol. The van der Waals surface area contributed by atoms with E-state index < -0.39 is 42.2 Å². The Morgan fingerprint density at radius 1 is 1.09 bits per heavy atom. The molecule has 1 saturated heterocycles. The first kappa shape index (κ1) is 25.0. The number of halogens is 3. The Morgan fingerprint density at radius 3 is 2.41 bits per heavy atom. The van der Waals surface area contributed by atoms with Gasteiger partial charge in [0.05, 0.1) is 30.2 Å². The van der Waals surface area contributed by atoms with E-state index in [1.165, 1.54) is 13.0 Å². The van der Waals surface area contributed by atoms with E-state index in [-0.39, 0.29) is 5.69 Å². The predicted octanol–water partition coefficient (Wildman–Crippen LogP) is 2.84. The summed E-state index contributed by atoms with van der Waals surface area (Å²) in [5.41, 5.74) is -0.227. The van der Waals surface area contributed by atoms with Crippen LogP contribution in [0.3, 0.4) is 0 Å². The molecule has 1 heterocycles. The molecule has 1 fully saturated rings. The number of amides is 2. The lowest BCUT2D eigenvalue weighted by molar-refractivity contribution is -0.152. The minimum Gasteiger partial charge on any atom is -0.451 e. The minimum absolute atomic E-state index is 0.0537. The second-order valence-electron chi connectivity index (χ2n) is 7.50. The second kappa shape index (κ2) is 11.0. The molecule has 0 aromatic heterocycles. The molecule has 0 spiro atoms. The molecule has 182 valence electrons. The highest BCUT2D eigenvalue weighted by Crippen LogP contribution is 2.35. The molecular weight excluding hydrogens is 455 g/mol. The lowest BCUT2D eigenvalue weighted by Crippen LogP contribution is -2.38. The predicted molar refractivity (Wildman–Crippen MR) is 117 cm³/mol. The smallest absolute Gasteiger partial charge is 0.416 e. The SMILES string of the molecule is CC(OC(=O)CNC(=O)c1ccccc1)C(=O)Nc1cc(C(F)(F)F)ccc1N1CCOCC1. The Hall–Kier alpha value is -3.60. The highest BCUT2D eigenvalue weighted by Gasteiger charge is 2.32. The molecule has 8 nitrogen and oxygen atoms in total. The number of carbonyl (C=O) groups excluding carboxylic acids is 3. The van der Waals surface area contributed by atoms with E-state index in [9.17, 15) is 27.6 Å². The summed E-state index contributed by atoms with van der Waals surface area (Å²) in [6, 6.07) is 11.3. The molecule has 34 heavy (non-hydrogen) atoms. The minimum atomic E-state index is -4.60. The molecule has 1 aliphatic rings. The van der Waals surface area contributed by atoms with Crippen molar-refractivity contribution < 1.29 is 37.0 Å². The number of nitrogens with one attached hydrogen (secondary N) is 2. The van der Waals surface area contributed by atoms with Gasteiger partial charge in [0.25, 0.3) is 11.8 Å². The maximum Gasteiger partial charge on any atom is 0.416 e. The standard InChI is InChI=1S/C23H24F3N3O5/c1-15(34-20(30)14-27-22(32)16-5-3-2-4-6-16)21(31)28-18-13-17(23(24,25)26)7-8-19(18)29-9-11-33-12-10-29/h2-8,13,15H,9-12,14H2,1H3,(H,27,32)(H,28,31). The van der Waals surface area contributed by atoms with Crippen molar-refractivity contribution in [3.8, 4) is 0 Å². The van der Waals surface area contributed by atoms with Crippen LogP contribution in [0.4, 0.5) is 24.5 Å². The number of morpholine rings is 1. The van der Waals surface area contributed by atoms with Gasteiger partial charge in [-0.2, -0.15) is 13.2 Å². The molecule has 2 amide bonds. The molecule has 0 aliphatic carbocycles. The van der Waals surface area contributed by atoms with Crippen LogP contribution in [0.1, 0.15) is 22.8 Å². The number of nitrogens with zero attached hydrogens (tertiary/aromatic N) is 1. The van der Waals surface area contributed by atoms with Gasteiger partial charge in [-0.25, -0.2) is 0 Å². The molecule has 1 atom stereocenters. The van der Waals surface area contributed by atoms with Crippen molar-refractivity contribution in [1.29, 1.82) is 0 Å². The fourth-order valence-corrected chi connectivity index (χ4v) is 3.26. The van der Waals surface area contributed by atoms with Crippen LogP contribution in [0, 0.1) is 0 Å². The van der Waals surface area contributed by atoms with Gasteiger partial charge in [0.1, 0.15) is 6.54 Å². The number of esters is 1. The molecule has 2 aromatic rings. The van der Waals surface area contributed by atoms with Crippen molar-refractivity contribution in [3.05, 3.63) is 59.7 Å². The van der Waals surface area contributed by atoms with Crippen LogP contribution >= 0.6 is 0 Å². The average Bonchev–Trinajstić information content (AvgIpc) is 2.83. The highest BCUT2D eigenvalue weighted by molar-refractivity contribution is 5.99. The van der Waals surface area contributed by atoms with E-state index in [0.29, 0.717) is 37.6 Å². The first-order chi connectivity index (χ1) is 16.1. The first-order valence-electron chi connectivity index (χ1n) is 10.5. The Balaban J connectivity index is 1.63. The highest BCUT2D eigenvalue weighted by atomic mass is 19.4. The van der Waals surface area contributed by atoms with Gasteiger partial charge < -0.3 is 25.0 Å². The third-order valence-corrected chi connectivity index (χ3v) is 5.04. The van der Waals surface area contributed by atoms with E-state index in [4.69, 9.17) is 9.47 Å². The lowest BCUT2D eigenvalue weighted by Gasteiger charge is -2.31. The summed E-state index contributed by atoms with van der Waals surface area (Å²) in [7, 11) is 0. The van der Waals surface area contributed by atoms with Gasteiger partial charge in [0, 0.05) is 18.7 Å². The Bertz CT molecular complexity index is 1020. The van der Waals surface area contributed by atoms with Gasteiger partial charge in [-0.1, -0.05) is 18.2 Å². The number of hydrogen-bond donors (Lipinski definition) is 2. The summed E-state index contributed by atoms with van der Waals surface area (Å²) < 4.78 is 50.0. The zero-order valence-electron chi connectivity index (χ0n) is 18.4. The molecule has 0 bridgehead atoms. The van der Waals surface area contributed by atoms with Crippen molar-refractivity contribution in [2.24, 2.45) is 0 Å². The molecular formula is C23H24F3N3O5. The summed E-state index contributed by atoms with van der Waals surface area (Å²) in [5.74, 6) is -2.17. The van der Waals surface area contributed by atoms with Crippen molar-refractivity contribution >= 4 is 29.2 Å². The van der Waals surface area contributed by atoms with E-state index in [1.807, 2.05) is 0 Å². The van der Waals surface area contributed by atoms with Crippen molar-refractivity contribution in [1.82, 2.24) is 5.32 Å². The van der Waals surface area contributed by atoms with Crippen LogP contribution in [-0.4, -0.2) is 56.7 Å². The summed E-state index contributed by atoms with van der Waals surface area (Å²) in [5, 5.41) is 4.81. The maximum atomic E-state index is 13.2. The molecule has 3 rings (SSSR count).